The standard InChI is InChI=1S/C51H68ClNO8.Na/c1-9-50(10-2)38(36(22-18-23-47(54)55)37-30-42(58-13-5)43(59-14-6)31-39(37)50)27-25-34-20-17-21-35(49(34)52)26-28-46-51(11-3,12-4)40-32-44(60-15-7)45(61-16-8)33-41(40)53(46)29-19-24-48(56)57;/h25-28,30-33H,9-24,29H2,1-8H3,(H,54,55)(H,56,57);/q;+1/p-1/b27-25+,35-26+,46-28-;. The van der Waals surface area contributed by atoms with Crippen LogP contribution in [0.1, 0.15) is 149 Å². The molecule has 1 aliphatic heterocycles. The SMILES string of the molecule is CCOc1cc2c(cc1OCC)C(CC)(CC)C(/C=C/C1=C(Cl)C(=C/C=C3\N(CCCC(=O)[O-])c4cc(OCC)c(OCC)cc4C3(CC)CC)/CCC1)=C2CCCC(=O)O.[Na+]. The molecule has 9 nitrogen and oxygen atoms in total. The van der Waals surface area contributed by atoms with Crippen LogP contribution < -0.4 is 58.5 Å². The molecule has 1 heterocycles. The molecule has 3 aliphatic rings. The molecule has 332 valence electrons. The van der Waals surface area contributed by atoms with Gasteiger partial charge in [0.15, 0.2) is 23.0 Å². The molecule has 1 N–H and O–H groups in total. The molecular formula is C51H67ClNNaO8. The first-order valence-corrected chi connectivity index (χ1v) is 23.1. The van der Waals surface area contributed by atoms with Crippen LogP contribution in [0.25, 0.3) is 5.57 Å². The number of hydrogen-bond donors (Lipinski definition) is 1. The Kier molecular flexibility index (Phi) is 19.2. The Labute approximate surface area is 397 Å². The fraction of sp³-hybridized carbons (Fsp3) is 0.529. The largest absolute Gasteiger partial charge is 1.00 e. The Morgan fingerprint density at radius 2 is 1.31 bits per heavy atom. The van der Waals surface area contributed by atoms with Crippen LogP contribution >= 0.6 is 11.6 Å². The summed E-state index contributed by atoms with van der Waals surface area (Å²) in [7, 11) is 0. The van der Waals surface area contributed by atoms with Crippen molar-refractivity contribution in [3.63, 3.8) is 0 Å². The van der Waals surface area contributed by atoms with E-state index in [1.807, 2.05) is 27.7 Å². The fourth-order valence-corrected chi connectivity index (χ4v) is 10.2. The van der Waals surface area contributed by atoms with Crippen LogP contribution in [0.5, 0.6) is 23.0 Å². The number of rotatable bonds is 23. The van der Waals surface area contributed by atoms with Gasteiger partial charge in [-0.25, -0.2) is 0 Å². The van der Waals surface area contributed by atoms with Gasteiger partial charge in [0.2, 0.25) is 0 Å². The zero-order chi connectivity index (χ0) is 44.3. The van der Waals surface area contributed by atoms with Crippen molar-refractivity contribution in [3.05, 3.63) is 92.7 Å². The van der Waals surface area contributed by atoms with E-state index in [1.54, 1.807) is 0 Å². The van der Waals surface area contributed by atoms with Crippen LogP contribution in [0.15, 0.2) is 76.0 Å². The number of carbonyl (C=O) groups excluding carboxylic acids is 1. The van der Waals surface area contributed by atoms with Gasteiger partial charge in [0.25, 0.3) is 0 Å². The van der Waals surface area contributed by atoms with Crippen LogP contribution in [-0.2, 0) is 20.4 Å². The molecule has 0 spiro atoms. The van der Waals surface area contributed by atoms with Gasteiger partial charge in [-0.05, 0) is 162 Å². The average Bonchev–Trinajstić information content (AvgIpc) is 3.64. The van der Waals surface area contributed by atoms with E-state index in [0.717, 1.165) is 95.0 Å². The Morgan fingerprint density at radius 1 is 0.742 bits per heavy atom. The van der Waals surface area contributed by atoms with Gasteiger partial charge in [0.1, 0.15) is 0 Å². The van der Waals surface area contributed by atoms with Gasteiger partial charge in [-0.15, -0.1) is 0 Å². The third-order valence-electron chi connectivity index (χ3n) is 13.0. The molecule has 2 aliphatic carbocycles. The number of carbonyl (C=O) groups is 2. The predicted molar refractivity (Wildman–Crippen MR) is 244 cm³/mol. The van der Waals surface area contributed by atoms with Crippen molar-refractivity contribution in [1.82, 2.24) is 0 Å². The van der Waals surface area contributed by atoms with Crippen molar-refractivity contribution in [1.29, 1.82) is 0 Å². The number of nitrogens with zero attached hydrogens (tertiary/aromatic N) is 1. The maximum Gasteiger partial charge on any atom is 1.00 e. The van der Waals surface area contributed by atoms with E-state index in [1.165, 1.54) is 11.1 Å². The number of hydrogen-bond acceptors (Lipinski definition) is 8. The molecule has 0 atom stereocenters. The van der Waals surface area contributed by atoms with E-state index < -0.39 is 11.9 Å². The normalized spacial score (nSPS) is 17.7. The molecule has 11 heteroatoms. The summed E-state index contributed by atoms with van der Waals surface area (Å²) < 4.78 is 24.4. The first-order valence-electron chi connectivity index (χ1n) is 22.7. The molecule has 62 heavy (non-hydrogen) atoms. The summed E-state index contributed by atoms with van der Waals surface area (Å²) in [5.41, 5.74) is 9.42. The molecule has 0 radical (unpaired) electrons. The molecule has 0 fully saturated rings. The predicted octanol–water partition coefficient (Wildman–Crippen LogP) is 8.52. The van der Waals surface area contributed by atoms with Gasteiger partial charge in [0.05, 0.1) is 26.4 Å². The fourth-order valence-electron chi connectivity index (χ4n) is 9.93. The molecular weight excluding hydrogens is 813 g/mol. The molecule has 2 aromatic carbocycles. The second-order valence-electron chi connectivity index (χ2n) is 16.0. The Bertz CT molecular complexity index is 2070. The number of allylic oxidation sites excluding steroid dienone is 10. The number of aliphatic carboxylic acids is 2. The summed E-state index contributed by atoms with van der Waals surface area (Å²) >= 11 is 7.40. The molecule has 2 aromatic rings. The van der Waals surface area contributed by atoms with Crippen LogP contribution in [0, 0.1) is 0 Å². The van der Waals surface area contributed by atoms with Gasteiger partial charge in [-0.3, -0.25) is 4.79 Å². The summed E-state index contributed by atoms with van der Waals surface area (Å²) in [4.78, 5) is 25.5. The molecule has 0 aromatic heterocycles. The molecule has 0 bridgehead atoms. The van der Waals surface area contributed by atoms with Gasteiger partial charge in [-0.1, -0.05) is 57.5 Å². The first-order chi connectivity index (χ1) is 29.4. The quantitative estimate of drug-likeness (QED) is 0.110. The number of ether oxygens (including phenoxy) is 4. The van der Waals surface area contributed by atoms with E-state index in [0.29, 0.717) is 69.5 Å². The minimum atomic E-state index is -1.06. The van der Waals surface area contributed by atoms with E-state index in [9.17, 15) is 19.8 Å². The van der Waals surface area contributed by atoms with Crippen LogP contribution in [-0.4, -0.2) is 50.0 Å². The number of halogens is 1. The Balaban J connectivity index is 0.00000845. The van der Waals surface area contributed by atoms with E-state index in [-0.39, 0.29) is 53.2 Å². The Morgan fingerprint density at radius 3 is 1.85 bits per heavy atom. The Hall–Kier alpha value is -3.63. The van der Waals surface area contributed by atoms with Crippen molar-refractivity contribution in [2.75, 3.05) is 37.9 Å². The van der Waals surface area contributed by atoms with E-state index in [4.69, 9.17) is 30.5 Å². The maximum absolute atomic E-state index is 11.7. The molecule has 0 amide bonds. The maximum atomic E-state index is 11.7. The molecule has 5 rings (SSSR count). The molecule has 0 unspecified atom stereocenters. The van der Waals surface area contributed by atoms with Crippen LogP contribution in [0.2, 0.25) is 0 Å². The number of anilines is 1. The van der Waals surface area contributed by atoms with Gasteiger partial charge < -0.3 is 38.9 Å². The van der Waals surface area contributed by atoms with Crippen molar-refractivity contribution in [2.45, 2.75) is 143 Å². The molecule has 0 saturated heterocycles. The smallest absolute Gasteiger partial charge is 0.550 e. The minimum absolute atomic E-state index is 0. The first kappa shape index (κ1) is 51.0. The third kappa shape index (κ3) is 10.5. The second kappa shape index (κ2) is 23.3. The van der Waals surface area contributed by atoms with Crippen LogP contribution in [0.3, 0.4) is 0 Å². The second-order valence-corrected chi connectivity index (χ2v) is 16.4. The van der Waals surface area contributed by atoms with Gasteiger partial charge >= 0.3 is 35.5 Å². The van der Waals surface area contributed by atoms with Crippen LogP contribution in [0.4, 0.5) is 5.69 Å². The summed E-state index contributed by atoms with van der Waals surface area (Å²) in [6, 6.07) is 8.44. The topological polar surface area (TPSA) is 118 Å². The monoisotopic (exact) mass is 879 g/mol. The van der Waals surface area contributed by atoms with Crippen molar-refractivity contribution < 1.29 is 68.3 Å². The van der Waals surface area contributed by atoms with E-state index in [2.05, 4.69) is 81.2 Å². The summed E-state index contributed by atoms with van der Waals surface area (Å²) in [5.74, 6) is 0.961. The van der Waals surface area contributed by atoms with E-state index >= 15 is 0 Å². The zero-order valence-electron chi connectivity index (χ0n) is 38.8. The van der Waals surface area contributed by atoms with Crippen molar-refractivity contribution in [3.8, 4) is 23.0 Å². The molecule has 0 saturated carbocycles. The summed E-state index contributed by atoms with van der Waals surface area (Å²) in [5, 5.41) is 21.9. The minimum Gasteiger partial charge on any atom is -0.550 e. The number of carboxylic acids is 2. The van der Waals surface area contributed by atoms with Crippen molar-refractivity contribution in [2.24, 2.45) is 0 Å². The summed E-state index contributed by atoms with van der Waals surface area (Å²) in [6.07, 6.45) is 16.5. The number of carboxylic acid groups (broad SMARTS) is 2. The number of benzene rings is 2. The third-order valence-corrected chi connectivity index (χ3v) is 13.4. The van der Waals surface area contributed by atoms with Crippen molar-refractivity contribution >= 4 is 34.8 Å². The van der Waals surface area contributed by atoms with Gasteiger partial charge in [0, 0.05) is 52.2 Å². The average molecular weight is 881 g/mol. The van der Waals surface area contributed by atoms with Gasteiger partial charge in [-0.2, -0.15) is 0 Å². The zero-order valence-corrected chi connectivity index (χ0v) is 41.5. The summed E-state index contributed by atoms with van der Waals surface area (Å²) in [6.45, 7) is 19.3. The number of fused-ring (bicyclic) bond motifs is 2.